The zero-order valence-corrected chi connectivity index (χ0v) is 39.7. The minimum absolute atomic E-state index is 0.0865. The van der Waals surface area contributed by atoms with Crippen LogP contribution in [0, 0.1) is 0 Å². The Hall–Kier alpha value is -2.63. The zero-order valence-electron chi connectivity index (χ0n) is 39.7. The largest absolute Gasteiger partial charge is 0.462 e. The van der Waals surface area contributed by atoms with Crippen molar-refractivity contribution in [1.82, 2.24) is 0 Å². The lowest BCUT2D eigenvalue weighted by atomic mass is 10.1. The molecule has 0 aromatic rings. The van der Waals surface area contributed by atoms with E-state index in [-0.39, 0.29) is 31.1 Å². The van der Waals surface area contributed by atoms with Gasteiger partial charge in [-0.1, -0.05) is 198 Å². The van der Waals surface area contributed by atoms with Crippen LogP contribution in [-0.2, 0) is 28.6 Å². The molecule has 0 aromatic carbocycles. The molecule has 0 saturated carbocycles. The van der Waals surface area contributed by atoms with E-state index in [1.165, 1.54) is 141 Å². The van der Waals surface area contributed by atoms with E-state index in [0.29, 0.717) is 25.7 Å². The molecule has 0 saturated heterocycles. The molecular formula is C54H96O6. The summed E-state index contributed by atoms with van der Waals surface area (Å²) in [5.41, 5.74) is 0. The van der Waals surface area contributed by atoms with Gasteiger partial charge in [0.1, 0.15) is 13.2 Å². The average Bonchev–Trinajstić information content (AvgIpc) is 3.24. The molecule has 348 valence electrons. The van der Waals surface area contributed by atoms with Crippen LogP contribution in [-0.4, -0.2) is 37.2 Å². The van der Waals surface area contributed by atoms with Crippen molar-refractivity contribution in [2.45, 2.75) is 264 Å². The smallest absolute Gasteiger partial charge is 0.306 e. The van der Waals surface area contributed by atoms with E-state index in [1.807, 2.05) is 0 Å². The summed E-state index contributed by atoms with van der Waals surface area (Å²) in [5.74, 6) is -0.932. The van der Waals surface area contributed by atoms with Crippen molar-refractivity contribution in [3.63, 3.8) is 0 Å². The highest BCUT2D eigenvalue weighted by atomic mass is 16.6. The molecule has 0 aliphatic carbocycles. The number of allylic oxidation sites excluding steroid dienone is 8. The number of ether oxygens (including phenoxy) is 3. The first-order valence-electron chi connectivity index (χ1n) is 25.6. The SMILES string of the molecule is CC/C=C\C/C=C\CCCCCCCCCC(=O)OC(COC(=O)CCC/C=C\CCCCCC)COC(=O)CCCCCCCCC/C=C\CCCCCCCCCC. The lowest BCUT2D eigenvalue weighted by molar-refractivity contribution is -0.167. The lowest BCUT2D eigenvalue weighted by Crippen LogP contribution is -2.30. The Balaban J connectivity index is 4.31. The normalized spacial score (nSPS) is 12.4. The molecule has 0 N–H and O–H groups in total. The molecule has 0 amide bonds. The van der Waals surface area contributed by atoms with Gasteiger partial charge in [0.05, 0.1) is 0 Å². The van der Waals surface area contributed by atoms with Crippen molar-refractivity contribution in [2.75, 3.05) is 13.2 Å². The predicted molar refractivity (Wildman–Crippen MR) is 256 cm³/mol. The maximum Gasteiger partial charge on any atom is 0.306 e. The maximum atomic E-state index is 12.8. The number of hydrogen-bond acceptors (Lipinski definition) is 6. The van der Waals surface area contributed by atoms with Gasteiger partial charge in [-0.3, -0.25) is 14.4 Å². The van der Waals surface area contributed by atoms with E-state index in [9.17, 15) is 14.4 Å². The molecule has 1 unspecified atom stereocenters. The van der Waals surface area contributed by atoms with Crippen LogP contribution in [0.1, 0.15) is 258 Å². The second-order valence-electron chi connectivity index (χ2n) is 17.0. The summed E-state index contributed by atoms with van der Waals surface area (Å²) in [4.78, 5) is 37.8. The van der Waals surface area contributed by atoms with Crippen LogP contribution in [0.3, 0.4) is 0 Å². The topological polar surface area (TPSA) is 78.9 Å². The summed E-state index contributed by atoms with van der Waals surface area (Å²) >= 11 is 0. The lowest BCUT2D eigenvalue weighted by Gasteiger charge is -2.18. The molecule has 0 aliphatic rings. The highest BCUT2D eigenvalue weighted by Gasteiger charge is 2.19. The van der Waals surface area contributed by atoms with Crippen molar-refractivity contribution in [3.8, 4) is 0 Å². The quantitative estimate of drug-likeness (QED) is 0.0263. The molecule has 0 rings (SSSR count). The molecular weight excluding hydrogens is 745 g/mol. The average molecular weight is 841 g/mol. The van der Waals surface area contributed by atoms with Gasteiger partial charge in [0.15, 0.2) is 6.10 Å². The fraction of sp³-hybridized carbons (Fsp3) is 0.796. The molecule has 0 bridgehead atoms. The highest BCUT2D eigenvalue weighted by molar-refractivity contribution is 5.71. The first-order valence-corrected chi connectivity index (χ1v) is 25.6. The molecule has 0 spiro atoms. The monoisotopic (exact) mass is 841 g/mol. The first-order chi connectivity index (χ1) is 29.5. The van der Waals surface area contributed by atoms with Gasteiger partial charge in [-0.25, -0.2) is 0 Å². The van der Waals surface area contributed by atoms with Crippen LogP contribution in [0.5, 0.6) is 0 Å². The maximum absolute atomic E-state index is 12.8. The highest BCUT2D eigenvalue weighted by Crippen LogP contribution is 2.14. The van der Waals surface area contributed by atoms with Gasteiger partial charge in [-0.15, -0.1) is 0 Å². The fourth-order valence-corrected chi connectivity index (χ4v) is 7.18. The van der Waals surface area contributed by atoms with E-state index in [4.69, 9.17) is 14.2 Å². The van der Waals surface area contributed by atoms with E-state index in [2.05, 4.69) is 69.4 Å². The van der Waals surface area contributed by atoms with Crippen molar-refractivity contribution in [3.05, 3.63) is 48.6 Å². The van der Waals surface area contributed by atoms with Crippen molar-refractivity contribution in [2.24, 2.45) is 0 Å². The Labute approximate surface area is 371 Å². The Morgan fingerprint density at radius 1 is 0.350 bits per heavy atom. The third kappa shape index (κ3) is 46.4. The molecule has 1 atom stereocenters. The third-order valence-electron chi connectivity index (χ3n) is 11.0. The molecule has 0 heterocycles. The van der Waals surface area contributed by atoms with Crippen molar-refractivity contribution >= 4 is 17.9 Å². The van der Waals surface area contributed by atoms with E-state index in [0.717, 1.165) is 70.6 Å². The molecule has 6 nitrogen and oxygen atoms in total. The molecule has 0 aromatic heterocycles. The summed E-state index contributed by atoms with van der Waals surface area (Å²) in [6.07, 6.45) is 58.2. The van der Waals surface area contributed by atoms with Gasteiger partial charge < -0.3 is 14.2 Å². The molecule has 0 fully saturated rings. The number of carbonyl (C=O) groups is 3. The number of esters is 3. The van der Waals surface area contributed by atoms with E-state index < -0.39 is 6.10 Å². The third-order valence-corrected chi connectivity index (χ3v) is 11.0. The summed E-state index contributed by atoms with van der Waals surface area (Å²) in [6, 6.07) is 0. The van der Waals surface area contributed by atoms with Crippen LogP contribution in [0.25, 0.3) is 0 Å². The van der Waals surface area contributed by atoms with Gasteiger partial charge in [0.25, 0.3) is 0 Å². The summed E-state index contributed by atoms with van der Waals surface area (Å²) < 4.78 is 16.7. The summed E-state index contributed by atoms with van der Waals surface area (Å²) in [6.45, 7) is 6.47. The van der Waals surface area contributed by atoms with Crippen LogP contribution in [0.2, 0.25) is 0 Å². The van der Waals surface area contributed by atoms with E-state index >= 15 is 0 Å². The van der Waals surface area contributed by atoms with Gasteiger partial charge in [-0.05, 0) is 89.9 Å². The van der Waals surface area contributed by atoms with Crippen molar-refractivity contribution < 1.29 is 28.6 Å². The fourth-order valence-electron chi connectivity index (χ4n) is 7.18. The zero-order chi connectivity index (χ0) is 43.7. The van der Waals surface area contributed by atoms with Crippen LogP contribution < -0.4 is 0 Å². The molecule has 60 heavy (non-hydrogen) atoms. The standard InChI is InChI=1S/C54H96O6/c1-4-7-10-13-16-19-21-23-25-26-27-28-29-31-32-35-38-41-44-47-53(56)59-50-51(49-58-52(55)46-43-40-37-34-18-15-12-9-6-3)60-54(57)48-45-42-39-36-33-30-24-22-20-17-14-11-8-5-2/h8,11,17,20,26-27,34,37,51H,4-7,9-10,12-16,18-19,21-25,28-33,35-36,38-50H2,1-3H3/b11-8-,20-17-,27-26-,37-34-. The molecule has 0 aliphatic heterocycles. The Morgan fingerprint density at radius 2 is 0.667 bits per heavy atom. The number of carbonyl (C=O) groups excluding carboxylic acids is 3. The van der Waals surface area contributed by atoms with Gasteiger partial charge in [-0.2, -0.15) is 0 Å². The Morgan fingerprint density at radius 3 is 1.10 bits per heavy atom. The first kappa shape index (κ1) is 57.4. The number of rotatable bonds is 46. The minimum Gasteiger partial charge on any atom is -0.462 e. The summed E-state index contributed by atoms with van der Waals surface area (Å²) in [7, 11) is 0. The molecule has 0 radical (unpaired) electrons. The van der Waals surface area contributed by atoms with E-state index in [1.54, 1.807) is 0 Å². The summed E-state index contributed by atoms with van der Waals surface area (Å²) in [5, 5.41) is 0. The molecule has 6 heteroatoms. The van der Waals surface area contributed by atoms with Crippen molar-refractivity contribution in [1.29, 1.82) is 0 Å². The van der Waals surface area contributed by atoms with Gasteiger partial charge in [0, 0.05) is 19.3 Å². The second kappa shape index (κ2) is 49.0. The van der Waals surface area contributed by atoms with Crippen LogP contribution in [0.15, 0.2) is 48.6 Å². The Kier molecular flexibility index (Phi) is 46.9. The van der Waals surface area contributed by atoms with Gasteiger partial charge in [0.2, 0.25) is 0 Å². The Bertz CT molecular complexity index is 1060. The number of unbranched alkanes of at least 4 members (excludes halogenated alkanes) is 27. The van der Waals surface area contributed by atoms with Gasteiger partial charge >= 0.3 is 17.9 Å². The predicted octanol–water partition coefficient (Wildman–Crippen LogP) is 16.7. The number of hydrogen-bond donors (Lipinski definition) is 0. The van der Waals surface area contributed by atoms with Crippen LogP contribution in [0.4, 0.5) is 0 Å². The van der Waals surface area contributed by atoms with Crippen LogP contribution >= 0.6 is 0 Å². The minimum atomic E-state index is -0.787. The second-order valence-corrected chi connectivity index (χ2v) is 17.0.